The largest absolute Gasteiger partial charge is 0.391 e. The number of hydrogen-bond acceptors (Lipinski definition) is 4. The summed E-state index contributed by atoms with van der Waals surface area (Å²) in [5.41, 5.74) is 0. The first-order valence-corrected chi connectivity index (χ1v) is 1.63. The molecule has 0 saturated carbocycles. The third kappa shape index (κ3) is 4.98. The van der Waals surface area contributed by atoms with Crippen LogP contribution >= 0.6 is 0 Å². The van der Waals surface area contributed by atoms with E-state index in [1.165, 1.54) is 14.2 Å². The molecule has 0 fully saturated rings. The molecule has 0 aliphatic heterocycles. The first kappa shape index (κ1) is 5.98. The van der Waals surface area contributed by atoms with Crippen LogP contribution in [0.5, 0.6) is 0 Å². The summed E-state index contributed by atoms with van der Waals surface area (Å²) >= 11 is 0. The van der Waals surface area contributed by atoms with Gasteiger partial charge in [-0.2, -0.15) is 0 Å². The van der Waals surface area contributed by atoms with E-state index in [4.69, 9.17) is 0 Å². The predicted octanol–water partition coefficient (Wildman–Crippen LogP) is 0.283. The van der Waals surface area contributed by atoms with E-state index in [1.807, 2.05) is 0 Å². The average molecular weight is 102 g/mol. The minimum atomic E-state index is 1.40. The van der Waals surface area contributed by atoms with E-state index in [0.29, 0.717) is 0 Å². The van der Waals surface area contributed by atoms with Crippen molar-refractivity contribution in [2.45, 2.75) is 0 Å². The molecule has 0 unspecified atom stereocenters. The van der Waals surface area contributed by atoms with Gasteiger partial charge in [0.25, 0.3) is 0 Å². The highest BCUT2D eigenvalue weighted by atomic mass is 16.6. The molecule has 0 aliphatic rings. The van der Waals surface area contributed by atoms with Gasteiger partial charge in [-0.1, -0.05) is 0 Å². The van der Waals surface area contributed by atoms with Crippen LogP contribution in [0.3, 0.4) is 0 Å². The Kier molecular flexibility index (Phi) is 4.25. The maximum atomic E-state index is 4.18. The molecule has 0 rings (SSSR count). The van der Waals surface area contributed by atoms with Gasteiger partial charge in [-0.05, 0) is 10.3 Å². The quantitative estimate of drug-likeness (QED) is 0.371. The smallest absolute Gasteiger partial charge is 0.180 e. The van der Waals surface area contributed by atoms with Crippen LogP contribution in [0.25, 0.3) is 0 Å². The SMILES string of the molecule is CON=C=NOC. The maximum absolute atomic E-state index is 4.18. The summed E-state index contributed by atoms with van der Waals surface area (Å²) in [6.07, 6.45) is 0. The second kappa shape index (κ2) is 4.98. The molecule has 0 amide bonds. The number of nitrogens with zero attached hydrogens (tertiary/aromatic N) is 2. The fourth-order valence-corrected chi connectivity index (χ4v) is 0.0983. The summed E-state index contributed by atoms with van der Waals surface area (Å²) in [6, 6.07) is 2.09. The molecule has 0 atom stereocenters. The summed E-state index contributed by atoms with van der Waals surface area (Å²) < 4.78 is 0. The van der Waals surface area contributed by atoms with Crippen molar-refractivity contribution in [1.82, 2.24) is 0 Å². The number of hydrogen-bond donors (Lipinski definition) is 0. The minimum Gasteiger partial charge on any atom is -0.391 e. The second-order valence-electron chi connectivity index (χ2n) is 0.648. The van der Waals surface area contributed by atoms with Crippen LogP contribution in [0.4, 0.5) is 0 Å². The zero-order valence-corrected chi connectivity index (χ0v) is 4.21. The van der Waals surface area contributed by atoms with E-state index in [0.717, 1.165) is 0 Å². The highest BCUT2D eigenvalue weighted by molar-refractivity contribution is 5.38. The van der Waals surface area contributed by atoms with Gasteiger partial charge in [-0.25, -0.2) is 0 Å². The van der Waals surface area contributed by atoms with Crippen molar-refractivity contribution < 1.29 is 9.68 Å². The van der Waals surface area contributed by atoms with Crippen LogP contribution in [0.15, 0.2) is 10.3 Å². The predicted molar refractivity (Wildman–Crippen MR) is 23.9 cm³/mol. The second-order valence-corrected chi connectivity index (χ2v) is 0.648. The van der Waals surface area contributed by atoms with Gasteiger partial charge in [0, 0.05) is 0 Å². The summed E-state index contributed by atoms with van der Waals surface area (Å²) in [4.78, 5) is 8.37. The lowest BCUT2D eigenvalue weighted by atomic mass is 11.5. The third-order valence-electron chi connectivity index (χ3n) is 0.264. The molecule has 4 heteroatoms. The lowest BCUT2D eigenvalue weighted by molar-refractivity contribution is 0.199. The highest BCUT2D eigenvalue weighted by Gasteiger charge is 1.54. The molecule has 0 heterocycles. The van der Waals surface area contributed by atoms with Crippen LogP contribution in [0.1, 0.15) is 0 Å². The normalized spacial score (nSPS) is 6.00. The van der Waals surface area contributed by atoms with Crippen LogP contribution in [-0.2, 0) is 9.68 Å². The molecule has 0 aromatic rings. The van der Waals surface area contributed by atoms with Crippen molar-refractivity contribution in [3.63, 3.8) is 0 Å². The fourth-order valence-electron chi connectivity index (χ4n) is 0.0983. The molecule has 0 spiro atoms. The summed E-state index contributed by atoms with van der Waals surface area (Å²) in [6.45, 7) is 0. The molecular formula is C3H6N2O2. The van der Waals surface area contributed by atoms with Crippen LogP contribution in [0, 0.1) is 0 Å². The molecule has 0 bridgehead atoms. The molecule has 0 N–H and O–H groups in total. The van der Waals surface area contributed by atoms with Crippen LogP contribution in [0.2, 0.25) is 0 Å². The highest BCUT2D eigenvalue weighted by Crippen LogP contribution is 1.61. The van der Waals surface area contributed by atoms with E-state index < -0.39 is 0 Å². The van der Waals surface area contributed by atoms with E-state index in [1.54, 1.807) is 0 Å². The standard InChI is InChI=1S/C3H6N2O2/c1-6-4-3-5-7-2/h1-2H3. The summed E-state index contributed by atoms with van der Waals surface area (Å²) in [7, 11) is 2.80. The topological polar surface area (TPSA) is 43.2 Å². The molecule has 40 valence electrons. The lowest BCUT2D eigenvalue weighted by Crippen LogP contribution is -1.65. The van der Waals surface area contributed by atoms with Gasteiger partial charge in [0.15, 0.2) is 6.01 Å². The Morgan fingerprint density at radius 1 is 1.14 bits per heavy atom. The molecule has 4 nitrogen and oxygen atoms in total. The first-order valence-electron chi connectivity index (χ1n) is 1.63. The number of rotatable bonds is 2. The zero-order valence-electron chi connectivity index (χ0n) is 4.21. The van der Waals surface area contributed by atoms with Gasteiger partial charge in [0.1, 0.15) is 14.2 Å². The minimum absolute atomic E-state index is 1.40. The maximum Gasteiger partial charge on any atom is 0.180 e. The van der Waals surface area contributed by atoms with Crippen molar-refractivity contribution in [2.24, 2.45) is 10.3 Å². The van der Waals surface area contributed by atoms with Crippen molar-refractivity contribution in [1.29, 1.82) is 0 Å². The fraction of sp³-hybridized carbons (Fsp3) is 0.667. The lowest BCUT2D eigenvalue weighted by Gasteiger charge is -1.75. The molecule has 0 saturated heterocycles. The summed E-state index contributed by atoms with van der Waals surface area (Å²) in [5, 5.41) is 6.24. The van der Waals surface area contributed by atoms with Gasteiger partial charge in [0.05, 0.1) is 0 Å². The molecule has 0 aromatic heterocycles. The van der Waals surface area contributed by atoms with Crippen molar-refractivity contribution >= 4 is 6.01 Å². The van der Waals surface area contributed by atoms with Crippen LogP contribution < -0.4 is 0 Å². The Hall–Kier alpha value is -1.02. The van der Waals surface area contributed by atoms with Crippen molar-refractivity contribution in [3.05, 3.63) is 0 Å². The molecule has 0 aromatic carbocycles. The Morgan fingerprint density at radius 3 is 1.86 bits per heavy atom. The van der Waals surface area contributed by atoms with Gasteiger partial charge in [-0.3, -0.25) is 0 Å². The van der Waals surface area contributed by atoms with Gasteiger partial charge in [0.2, 0.25) is 0 Å². The van der Waals surface area contributed by atoms with Gasteiger partial charge >= 0.3 is 0 Å². The van der Waals surface area contributed by atoms with Crippen molar-refractivity contribution in [2.75, 3.05) is 14.2 Å². The molecule has 0 aliphatic carbocycles. The molecule has 7 heavy (non-hydrogen) atoms. The van der Waals surface area contributed by atoms with E-state index in [2.05, 4.69) is 26.0 Å². The Bertz CT molecular complexity index is 76.9. The first-order chi connectivity index (χ1) is 3.41. The Balaban J connectivity index is 3.21. The van der Waals surface area contributed by atoms with E-state index >= 15 is 0 Å². The monoisotopic (exact) mass is 102 g/mol. The molecular weight excluding hydrogens is 96.0 g/mol. The van der Waals surface area contributed by atoms with E-state index in [-0.39, 0.29) is 0 Å². The van der Waals surface area contributed by atoms with Gasteiger partial charge in [-0.15, -0.1) is 0 Å². The van der Waals surface area contributed by atoms with Gasteiger partial charge < -0.3 is 9.68 Å². The third-order valence-corrected chi connectivity index (χ3v) is 0.264. The Labute approximate surface area is 41.4 Å². The van der Waals surface area contributed by atoms with E-state index in [9.17, 15) is 0 Å². The van der Waals surface area contributed by atoms with Crippen LogP contribution in [-0.4, -0.2) is 20.2 Å². The van der Waals surface area contributed by atoms with Crippen molar-refractivity contribution in [3.8, 4) is 0 Å². The molecule has 0 radical (unpaired) electrons. The summed E-state index contributed by atoms with van der Waals surface area (Å²) in [5.74, 6) is 0. The zero-order chi connectivity index (χ0) is 5.54. The Morgan fingerprint density at radius 2 is 1.57 bits per heavy atom. The average Bonchev–Trinajstić information content (AvgIpc) is 1.69.